The van der Waals surface area contributed by atoms with Gasteiger partial charge in [0, 0.05) is 26.3 Å². The van der Waals surface area contributed by atoms with E-state index in [1.54, 1.807) is 14.0 Å². The fourth-order valence-corrected chi connectivity index (χ4v) is 1.66. The summed E-state index contributed by atoms with van der Waals surface area (Å²) in [5.41, 5.74) is 0. The zero-order valence-electron chi connectivity index (χ0n) is 11.3. The Hall–Kier alpha value is -0.650. The summed E-state index contributed by atoms with van der Waals surface area (Å²) in [6.07, 6.45) is 1.11. The van der Waals surface area contributed by atoms with Crippen molar-refractivity contribution in [2.75, 3.05) is 20.3 Å². The summed E-state index contributed by atoms with van der Waals surface area (Å²) in [4.78, 5) is 11.7. The number of rotatable bonds is 9. The molecule has 0 radical (unpaired) electrons. The molecule has 3 atom stereocenters. The fraction of sp³-hybridized carbons (Fsp3) is 0.917. The molecule has 0 bridgehead atoms. The largest absolute Gasteiger partial charge is 0.393 e. The molecular formula is C12H26N2O3. The van der Waals surface area contributed by atoms with E-state index in [4.69, 9.17) is 4.74 Å². The van der Waals surface area contributed by atoms with Crippen LogP contribution in [0.4, 0.5) is 0 Å². The van der Waals surface area contributed by atoms with Crippen LogP contribution in [0.2, 0.25) is 0 Å². The first-order valence-corrected chi connectivity index (χ1v) is 6.18. The van der Waals surface area contributed by atoms with Crippen LogP contribution in [0.1, 0.15) is 33.6 Å². The summed E-state index contributed by atoms with van der Waals surface area (Å²) in [7, 11) is 1.64. The van der Waals surface area contributed by atoms with E-state index in [1.165, 1.54) is 0 Å². The van der Waals surface area contributed by atoms with E-state index in [9.17, 15) is 9.90 Å². The van der Waals surface area contributed by atoms with Crippen molar-refractivity contribution in [2.45, 2.75) is 51.8 Å². The van der Waals surface area contributed by atoms with Gasteiger partial charge in [-0.05, 0) is 33.6 Å². The predicted molar refractivity (Wildman–Crippen MR) is 67.9 cm³/mol. The summed E-state index contributed by atoms with van der Waals surface area (Å²) < 4.78 is 4.90. The number of ether oxygens (including phenoxy) is 1. The van der Waals surface area contributed by atoms with Crippen LogP contribution in [-0.4, -0.2) is 49.5 Å². The van der Waals surface area contributed by atoms with Gasteiger partial charge in [0.05, 0.1) is 12.1 Å². The van der Waals surface area contributed by atoms with Gasteiger partial charge in [-0.1, -0.05) is 0 Å². The topological polar surface area (TPSA) is 70.6 Å². The lowest BCUT2D eigenvalue weighted by molar-refractivity contribution is -0.123. The number of hydrogen-bond donors (Lipinski definition) is 3. The molecule has 0 aliphatic heterocycles. The Morgan fingerprint density at radius 3 is 2.53 bits per heavy atom. The molecule has 0 aromatic rings. The third-order valence-electron chi connectivity index (χ3n) is 2.45. The van der Waals surface area contributed by atoms with Gasteiger partial charge in [0.15, 0.2) is 0 Å². The molecule has 0 saturated heterocycles. The number of methoxy groups -OCH3 is 1. The molecule has 17 heavy (non-hydrogen) atoms. The van der Waals surface area contributed by atoms with Gasteiger partial charge in [-0.2, -0.15) is 0 Å². The van der Waals surface area contributed by atoms with Crippen LogP contribution in [0.15, 0.2) is 0 Å². The Kier molecular flexibility index (Phi) is 9.03. The lowest BCUT2D eigenvalue weighted by Gasteiger charge is -2.20. The maximum Gasteiger partial charge on any atom is 0.236 e. The van der Waals surface area contributed by atoms with Gasteiger partial charge in [-0.15, -0.1) is 0 Å². The number of aliphatic hydroxyl groups is 1. The molecule has 5 nitrogen and oxygen atoms in total. The summed E-state index contributed by atoms with van der Waals surface area (Å²) in [6.45, 7) is 6.81. The van der Waals surface area contributed by atoms with Crippen molar-refractivity contribution in [3.8, 4) is 0 Å². The minimum atomic E-state index is -0.352. The SMILES string of the molecule is COCCCNC(=O)C(C)NC(C)CC(C)O. The van der Waals surface area contributed by atoms with Crippen molar-refractivity contribution in [3.63, 3.8) is 0 Å². The third-order valence-corrected chi connectivity index (χ3v) is 2.45. The van der Waals surface area contributed by atoms with Gasteiger partial charge < -0.3 is 20.5 Å². The molecule has 0 fully saturated rings. The fourth-order valence-electron chi connectivity index (χ4n) is 1.66. The summed E-state index contributed by atoms with van der Waals surface area (Å²) >= 11 is 0. The third kappa shape index (κ3) is 9.09. The molecule has 0 aliphatic carbocycles. The highest BCUT2D eigenvalue weighted by molar-refractivity contribution is 5.81. The van der Waals surface area contributed by atoms with E-state index in [2.05, 4.69) is 10.6 Å². The van der Waals surface area contributed by atoms with Gasteiger partial charge in [-0.3, -0.25) is 4.79 Å². The van der Waals surface area contributed by atoms with Crippen molar-refractivity contribution < 1.29 is 14.6 Å². The smallest absolute Gasteiger partial charge is 0.236 e. The van der Waals surface area contributed by atoms with Gasteiger partial charge in [0.1, 0.15) is 0 Å². The van der Waals surface area contributed by atoms with Gasteiger partial charge >= 0.3 is 0 Å². The first-order valence-electron chi connectivity index (χ1n) is 6.18. The second-order valence-electron chi connectivity index (χ2n) is 4.51. The van der Waals surface area contributed by atoms with Crippen molar-refractivity contribution in [1.82, 2.24) is 10.6 Å². The maximum absolute atomic E-state index is 11.7. The molecule has 0 aromatic heterocycles. The number of aliphatic hydroxyl groups excluding tert-OH is 1. The van der Waals surface area contributed by atoms with Crippen LogP contribution in [0.25, 0.3) is 0 Å². The molecule has 0 heterocycles. The molecule has 5 heteroatoms. The van der Waals surface area contributed by atoms with Crippen molar-refractivity contribution in [2.24, 2.45) is 0 Å². The predicted octanol–water partition coefficient (Wildman–Crippen LogP) is 0.277. The second kappa shape index (κ2) is 9.39. The van der Waals surface area contributed by atoms with Gasteiger partial charge in [-0.25, -0.2) is 0 Å². The molecular weight excluding hydrogens is 220 g/mol. The van der Waals surface area contributed by atoms with E-state index in [0.29, 0.717) is 19.6 Å². The maximum atomic E-state index is 11.7. The van der Waals surface area contributed by atoms with E-state index < -0.39 is 0 Å². The monoisotopic (exact) mass is 246 g/mol. The minimum Gasteiger partial charge on any atom is -0.393 e. The van der Waals surface area contributed by atoms with Crippen LogP contribution >= 0.6 is 0 Å². The van der Waals surface area contributed by atoms with E-state index in [1.807, 2.05) is 13.8 Å². The van der Waals surface area contributed by atoms with Gasteiger partial charge in [0.2, 0.25) is 5.91 Å². The van der Waals surface area contributed by atoms with E-state index in [0.717, 1.165) is 6.42 Å². The van der Waals surface area contributed by atoms with Crippen LogP contribution in [0.3, 0.4) is 0 Å². The molecule has 102 valence electrons. The molecule has 0 spiro atoms. The standard InChI is InChI=1S/C12H26N2O3/c1-9(8-10(2)15)14-11(3)12(16)13-6-5-7-17-4/h9-11,14-15H,5-8H2,1-4H3,(H,13,16). The van der Waals surface area contributed by atoms with E-state index >= 15 is 0 Å². The van der Waals surface area contributed by atoms with Crippen molar-refractivity contribution in [3.05, 3.63) is 0 Å². The molecule has 3 N–H and O–H groups in total. The number of carbonyl (C=O) groups is 1. The Bertz CT molecular complexity index is 210. The first-order chi connectivity index (χ1) is 7.97. The summed E-state index contributed by atoms with van der Waals surface area (Å²) in [6, 6.07) is -0.124. The Morgan fingerprint density at radius 1 is 1.35 bits per heavy atom. The van der Waals surface area contributed by atoms with Crippen LogP contribution in [0.5, 0.6) is 0 Å². The molecule has 0 saturated carbocycles. The molecule has 3 unspecified atom stereocenters. The number of nitrogens with one attached hydrogen (secondary N) is 2. The van der Waals surface area contributed by atoms with Crippen LogP contribution in [-0.2, 0) is 9.53 Å². The molecule has 0 aromatic carbocycles. The summed E-state index contributed by atoms with van der Waals surface area (Å²) in [5.74, 6) is -0.0152. The highest BCUT2D eigenvalue weighted by Crippen LogP contribution is 1.98. The van der Waals surface area contributed by atoms with Crippen LogP contribution < -0.4 is 10.6 Å². The van der Waals surface area contributed by atoms with Crippen molar-refractivity contribution in [1.29, 1.82) is 0 Å². The van der Waals surface area contributed by atoms with Crippen LogP contribution in [0, 0.1) is 0 Å². The quantitative estimate of drug-likeness (QED) is 0.511. The lowest BCUT2D eigenvalue weighted by atomic mass is 10.1. The Balaban J connectivity index is 3.73. The normalized spacial score (nSPS) is 16.3. The average molecular weight is 246 g/mol. The molecule has 0 aliphatic rings. The highest BCUT2D eigenvalue weighted by Gasteiger charge is 2.15. The zero-order chi connectivity index (χ0) is 13.3. The first kappa shape index (κ1) is 16.4. The second-order valence-corrected chi connectivity index (χ2v) is 4.51. The molecule has 1 amide bonds. The number of amides is 1. The minimum absolute atomic E-state index is 0.0152. The highest BCUT2D eigenvalue weighted by atomic mass is 16.5. The lowest BCUT2D eigenvalue weighted by Crippen LogP contribution is -2.46. The van der Waals surface area contributed by atoms with Crippen molar-refractivity contribution >= 4 is 5.91 Å². The molecule has 0 rings (SSSR count). The Morgan fingerprint density at radius 2 is 2.00 bits per heavy atom. The summed E-state index contributed by atoms with van der Waals surface area (Å²) in [5, 5.41) is 15.2. The Labute approximate surface area is 104 Å². The average Bonchev–Trinajstić information content (AvgIpc) is 2.22. The zero-order valence-corrected chi connectivity index (χ0v) is 11.3. The van der Waals surface area contributed by atoms with E-state index in [-0.39, 0.29) is 24.1 Å². The number of carbonyl (C=O) groups excluding carboxylic acids is 1. The number of hydrogen-bond acceptors (Lipinski definition) is 4. The van der Waals surface area contributed by atoms with Gasteiger partial charge in [0.25, 0.3) is 0 Å².